The number of hydrogen-bond donors (Lipinski definition) is 1. The van der Waals surface area contributed by atoms with E-state index in [0.29, 0.717) is 12.0 Å². The number of carbonyl (C=O) groups is 1. The first-order valence-corrected chi connectivity index (χ1v) is 12.3. The first kappa shape index (κ1) is 22.7. The quantitative estimate of drug-likeness (QED) is 0.406. The van der Waals surface area contributed by atoms with Crippen LogP contribution in [0, 0.1) is 0 Å². The summed E-state index contributed by atoms with van der Waals surface area (Å²) in [6.07, 6.45) is 4.19. The molecule has 2 heterocycles. The average molecular weight is 452 g/mol. The number of nitrogens with one attached hydrogen (secondary N) is 1. The van der Waals surface area contributed by atoms with Gasteiger partial charge in [-0.2, -0.15) is 0 Å². The molecule has 1 saturated heterocycles. The Bertz CT molecular complexity index is 1040. The molecule has 1 aliphatic rings. The van der Waals surface area contributed by atoms with Gasteiger partial charge in [0.15, 0.2) is 0 Å². The average Bonchev–Trinajstić information content (AvgIpc) is 3.21. The van der Waals surface area contributed by atoms with Gasteiger partial charge < -0.3 is 14.6 Å². The third kappa shape index (κ3) is 5.13. The molecule has 5 nitrogen and oxygen atoms in total. The molecule has 2 amide bonds. The molecule has 0 radical (unpaired) electrons. The molecule has 170 valence electrons. The number of benzene rings is 2. The van der Waals surface area contributed by atoms with Crippen LogP contribution in [0.1, 0.15) is 52.0 Å². The highest BCUT2D eigenvalue weighted by Crippen LogP contribution is 2.38. The monoisotopic (exact) mass is 451 g/mol. The van der Waals surface area contributed by atoms with Gasteiger partial charge in [-0.05, 0) is 88.0 Å². The molecule has 1 N–H and O–H groups in total. The van der Waals surface area contributed by atoms with Crippen molar-refractivity contribution in [3.63, 3.8) is 0 Å². The first-order valence-electron chi connectivity index (χ1n) is 11.5. The van der Waals surface area contributed by atoms with Gasteiger partial charge in [-0.25, -0.2) is 9.10 Å². The van der Waals surface area contributed by atoms with Crippen molar-refractivity contribution in [1.29, 1.82) is 0 Å². The SMILES string of the molecule is CC(C)SN(C(=O)Nc1ccccc1)c1ccc2occ(C3CCN(C(C)C)CC3)c2c1. The molecule has 2 aromatic carbocycles. The molecule has 6 heteroatoms. The van der Waals surface area contributed by atoms with Crippen LogP contribution < -0.4 is 9.62 Å². The molecule has 3 aromatic rings. The lowest BCUT2D eigenvalue weighted by atomic mass is 9.88. The van der Waals surface area contributed by atoms with Crippen LogP contribution in [0.4, 0.5) is 16.2 Å². The number of furan rings is 1. The van der Waals surface area contributed by atoms with Gasteiger partial charge in [0.05, 0.1) is 12.0 Å². The Morgan fingerprint density at radius 2 is 1.81 bits per heavy atom. The van der Waals surface area contributed by atoms with Crippen molar-refractivity contribution in [3.8, 4) is 0 Å². The van der Waals surface area contributed by atoms with E-state index in [4.69, 9.17) is 4.42 Å². The van der Waals surface area contributed by atoms with Crippen LogP contribution >= 0.6 is 11.9 Å². The maximum Gasteiger partial charge on any atom is 0.336 e. The summed E-state index contributed by atoms with van der Waals surface area (Å²) in [5.41, 5.74) is 3.80. The number of fused-ring (bicyclic) bond motifs is 1. The van der Waals surface area contributed by atoms with Gasteiger partial charge in [0.25, 0.3) is 0 Å². The van der Waals surface area contributed by atoms with E-state index in [1.807, 2.05) is 48.7 Å². The Morgan fingerprint density at radius 1 is 1.09 bits per heavy atom. The number of para-hydroxylation sites is 1. The fraction of sp³-hybridized carbons (Fsp3) is 0.423. The largest absolute Gasteiger partial charge is 0.464 e. The highest BCUT2D eigenvalue weighted by molar-refractivity contribution is 8.01. The van der Waals surface area contributed by atoms with Gasteiger partial charge in [-0.1, -0.05) is 32.0 Å². The number of nitrogens with zero attached hydrogens (tertiary/aromatic N) is 2. The number of rotatable bonds is 6. The topological polar surface area (TPSA) is 48.7 Å². The van der Waals surface area contributed by atoms with Gasteiger partial charge >= 0.3 is 6.03 Å². The van der Waals surface area contributed by atoms with E-state index < -0.39 is 0 Å². The molecule has 0 bridgehead atoms. The fourth-order valence-electron chi connectivity index (χ4n) is 4.34. The number of likely N-dealkylation sites (tertiary alicyclic amines) is 1. The van der Waals surface area contributed by atoms with Gasteiger partial charge in [0, 0.05) is 27.9 Å². The summed E-state index contributed by atoms with van der Waals surface area (Å²) in [5, 5.41) is 4.40. The zero-order valence-corrected chi connectivity index (χ0v) is 20.2. The molecule has 0 atom stereocenters. The van der Waals surface area contributed by atoms with E-state index in [1.54, 1.807) is 4.31 Å². The number of hydrogen-bond acceptors (Lipinski definition) is 4. The van der Waals surface area contributed by atoms with E-state index in [-0.39, 0.29) is 11.3 Å². The van der Waals surface area contributed by atoms with Gasteiger partial charge in [0.2, 0.25) is 0 Å². The summed E-state index contributed by atoms with van der Waals surface area (Å²) in [5.74, 6) is 0.492. The van der Waals surface area contributed by atoms with Crippen LogP contribution in [0.15, 0.2) is 59.2 Å². The smallest absolute Gasteiger partial charge is 0.336 e. The summed E-state index contributed by atoms with van der Waals surface area (Å²) >= 11 is 1.52. The molecule has 0 saturated carbocycles. The van der Waals surface area contributed by atoms with Crippen molar-refractivity contribution in [2.45, 2.75) is 57.7 Å². The second-order valence-electron chi connectivity index (χ2n) is 9.02. The minimum Gasteiger partial charge on any atom is -0.464 e. The molecule has 1 fully saturated rings. The number of amides is 2. The van der Waals surface area contributed by atoms with E-state index in [2.05, 4.69) is 44.0 Å². The highest BCUT2D eigenvalue weighted by atomic mass is 32.2. The van der Waals surface area contributed by atoms with Crippen LogP contribution in [0.5, 0.6) is 0 Å². The van der Waals surface area contributed by atoms with Crippen molar-refractivity contribution in [1.82, 2.24) is 4.90 Å². The lowest BCUT2D eigenvalue weighted by Gasteiger charge is -2.34. The number of urea groups is 1. The van der Waals surface area contributed by atoms with Crippen molar-refractivity contribution in [2.75, 3.05) is 22.7 Å². The third-order valence-corrected chi connectivity index (χ3v) is 7.06. The molecule has 0 unspecified atom stereocenters. The first-order chi connectivity index (χ1) is 15.4. The predicted octanol–water partition coefficient (Wildman–Crippen LogP) is 7.12. The number of carbonyl (C=O) groups excluding carboxylic acids is 1. The van der Waals surface area contributed by atoms with Crippen molar-refractivity contribution < 1.29 is 9.21 Å². The molecule has 0 spiro atoms. The molecule has 32 heavy (non-hydrogen) atoms. The second-order valence-corrected chi connectivity index (χ2v) is 10.5. The number of anilines is 2. The van der Waals surface area contributed by atoms with Crippen molar-refractivity contribution in [3.05, 3.63) is 60.4 Å². The molecule has 1 aliphatic heterocycles. The lowest BCUT2D eigenvalue weighted by molar-refractivity contribution is 0.172. The summed E-state index contributed by atoms with van der Waals surface area (Å²) < 4.78 is 7.67. The Balaban J connectivity index is 1.60. The molecule has 1 aromatic heterocycles. The summed E-state index contributed by atoms with van der Waals surface area (Å²) in [4.78, 5) is 15.7. The second kappa shape index (κ2) is 10.0. The molecule has 4 rings (SSSR count). The Morgan fingerprint density at radius 3 is 2.47 bits per heavy atom. The summed E-state index contributed by atoms with van der Waals surface area (Å²) in [6, 6.07) is 16.1. The van der Waals surface area contributed by atoms with Crippen LogP contribution in [0.2, 0.25) is 0 Å². The standard InChI is InChI=1S/C26H33N3O2S/c1-18(2)28-14-12-20(13-15-28)24-17-31-25-11-10-22(16-23(24)25)29(32-19(3)4)26(30)27-21-8-6-5-7-9-21/h5-11,16-20H,12-15H2,1-4H3,(H,27,30). The third-order valence-electron chi connectivity index (χ3n) is 6.05. The number of piperidine rings is 1. The Labute approximate surface area is 195 Å². The molecular formula is C26H33N3O2S. The van der Waals surface area contributed by atoms with Crippen LogP contribution in [0.25, 0.3) is 11.0 Å². The van der Waals surface area contributed by atoms with Crippen LogP contribution in [-0.2, 0) is 0 Å². The van der Waals surface area contributed by atoms with Crippen LogP contribution in [0.3, 0.4) is 0 Å². The minimum absolute atomic E-state index is 0.149. The van der Waals surface area contributed by atoms with Gasteiger partial charge in [-0.15, -0.1) is 0 Å². The van der Waals surface area contributed by atoms with Crippen molar-refractivity contribution in [2.24, 2.45) is 0 Å². The zero-order chi connectivity index (χ0) is 22.7. The normalized spacial score (nSPS) is 15.6. The van der Waals surface area contributed by atoms with Gasteiger partial charge in [0.1, 0.15) is 5.58 Å². The highest BCUT2D eigenvalue weighted by Gasteiger charge is 2.26. The van der Waals surface area contributed by atoms with E-state index >= 15 is 0 Å². The van der Waals surface area contributed by atoms with E-state index in [0.717, 1.165) is 48.3 Å². The van der Waals surface area contributed by atoms with E-state index in [1.165, 1.54) is 17.5 Å². The zero-order valence-electron chi connectivity index (χ0n) is 19.4. The summed E-state index contributed by atoms with van der Waals surface area (Å²) in [6.45, 7) is 10.9. The lowest BCUT2D eigenvalue weighted by Crippen LogP contribution is -2.37. The summed E-state index contributed by atoms with van der Waals surface area (Å²) in [7, 11) is 0. The van der Waals surface area contributed by atoms with Crippen molar-refractivity contribution >= 4 is 40.3 Å². The maximum atomic E-state index is 13.2. The van der Waals surface area contributed by atoms with Gasteiger partial charge in [-0.3, -0.25) is 0 Å². The minimum atomic E-state index is -0.149. The van der Waals surface area contributed by atoms with Crippen LogP contribution in [-0.4, -0.2) is 35.3 Å². The Kier molecular flexibility index (Phi) is 7.11. The fourth-order valence-corrected chi connectivity index (χ4v) is 5.14. The predicted molar refractivity (Wildman–Crippen MR) is 136 cm³/mol. The van der Waals surface area contributed by atoms with E-state index in [9.17, 15) is 4.79 Å². The maximum absolute atomic E-state index is 13.2. The molecular weight excluding hydrogens is 418 g/mol. The molecule has 0 aliphatic carbocycles. The Hall–Kier alpha value is -2.44.